The molecule has 2 rings (SSSR count). The third-order valence-electron chi connectivity index (χ3n) is 2.89. The molecule has 1 aliphatic rings. The Morgan fingerprint density at radius 3 is 2.69 bits per heavy atom. The molecular weight excluding hydrogens is 246 g/mol. The molecule has 1 aliphatic heterocycles. The lowest BCUT2D eigenvalue weighted by molar-refractivity contribution is 0.400. The lowest BCUT2D eigenvalue weighted by atomic mass is 10.1. The topological polar surface area (TPSA) is 37.4 Å². The van der Waals surface area contributed by atoms with Crippen LogP contribution in [0, 0.1) is 0 Å². The average molecular weight is 260 g/mol. The van der Waals surface area contributed by atoms with Gasteiger partial charge in [0.2, 0.25) is 10.0 Å². The molecule has 0 bridgehead atoms. The van der Waals surface area contributed by atoms with Gasteiger partial charge in [0.05, 0.1) is 12.3 Å². The Kier molecular flexibility index (Phi) is 3.24. The summed E-state index contributed by atoms with van der Waals surface area (Å²) in [6.45, 7) is 0.592. The van der Waals surface area contributed by atoms with Gasteiger partial charge in [-0.3, -0.25) is 0 Å². The van der Waals surface area contributed by atoms with Crippen molar-refractivity contribution in [3.05, 3.63) is 34.9 Å². The fourth-order valence-electron chi connectivity index (χ4n) is 2.19. The van der Waals surface area contributed by atoms with Crippen molar-refractivity contribution in [2.24, 2.45) is 0 Å². The summed E-state index contributed by atoms with van der Waals surface area (Å²) >= 11 is 6.10. The predicted molar refractivity (Wildman–Crippen MR) is 65.0 cm³/mol. The molecule has 1 aromatic carbocycles. The molecule has 0 aromatic heterocycles. The average Bonchev–Trinajstić information content (AvgIpc) is 2.66. The highest BCUT2D eigenvalue weighted by Crippen LogP contribution is 2.36. The maximum Gasteiger partial charge on any atom is 0.211 e. The molecule has 1 heterocycles. The van der Waals surface area contributed by atoms with Crippen LogP contribution >= 0.6 is 11.6 Å². The SMILES string of the molecule is CS(=O)(=O)N1CCC[C@@H]1c1ccccc1Cl. The first-order valence-corrected chi connectivity index (χ1v) is 7.44. The summed E-state index contributed by atoms with van der Waals surface area (Å²) in [6, 6.07) is 7.35. The van der Waals surface area contributed by atoms with Crippen LogP contribution in [0.1, 0.15) is 24.4 Å². The Morgan fingerprint density at radius 1 is 1.38 bits per heavy atom. The van der Waals surface area contributed by atoms with E-state index in [0.29, 0.717) is 11.6 Å². The van der Waals surface area contributed by atoms with E-state index in [0.717, 1.165) is 18.4 Å². The van der Waals surface area contributed by atoms with Crippen molar-refractivity contribution >= 4 is 21.6 Å². The van der Waals surface area contributed by atoms with Gasteiger partial charge in [-0.15, -0.1) is 0 Å². The molecule has 88 valence electrons. The number of hydrogen-bond acceptors (Lipinski definition) is 2. The molecule has 0 saturated carbocycles. The van der Waals surface area contributed by atoms with E-state index in [9.17, 15) is 8.42 Å². The fourth-order valence-corrected chi connectivity index (χ4v) is 3.60. The van der Waals surface area contributed by atoms with E-state index in [-0.39, 0.29) is 6.04 Å². The number of halogens is 1. The van der Waals surface area contributed by atoms with E-state index < -0.39 is 10.0 Å². The summed E-state index contributed by atoms with van der Waals surface area (Å²) < 4.78 is 24.8. The third-order valence-corrected chi connectivity index (χ3v) is 4.53. The van der Waals surface area contributed by atoms with Crippen LogP contribution in [0.25, 0.3) is 0 Å². The van der Waals surface area contributed by atoms with Crippen LogP contribution in [0.3, 0.4) is 0 Å². The van der Waals surface area contributed by atoms with E-state index in [1.165, 1.54) is 10.6 Å². The minimum atomic E-state index is -3.14. The van der Waals surface area contributed by atoms with Crippen molar-refractivity contribution in [1.29, 1.82) is 0 Å². The highest BCUT2D eigenvalue weighted by atomic mass is 35.5. The van der Waals surface area contributed by atoms with E-state index in [4.69, 9.17) is 11.6 Å². The normalized spacial score (nSPS) is 22.5. The molecule has 1 atom stereocenters. The lowest BCUT2D eigenvalue weighted by Gasteiger charge is -2.23. The molecule has 16 heavy (non-hydrogen) atoms. The summed E-state index contributed by atoms with van der Waals surface area (Å²) in [5, 5.41) is 0.642. The highest BCUT2D eigenvalue weighted by Gasteiger charge is 2.33. The quantitative estimate of drug-likeness (QED) is 0.818. The van der Waals surface area contributed by atoms with Crippen molar-refractivity contribution < 1.29 is 8.42 Å². The maximum absolute atomic E-state index is 11.6. The van der Waals surface area contributed by atoms with Crippen molar-refractivity contribution in [3.8, 4) is 0 Å². The van der Waals surface area contributed by atoms with Crippen LogP contribution in [-0.2, 0) is 10.0 Å². The van der Waals surface area contributed by atoms with Gasteiger partial charge >= 0.3 is 0 Å². The van der Waals surface area contributed by atoms with Gasteiger partial charge in [-0.05, 0) is 24.5 Å². The number of sulfonamides is 1. The van der Waals surface area contributed by atoms with Crippen LogP contribution in [0.15, 0.2) is 24.3 Å². The minimum Gasteiger partial charge on any atom is -0.212 e. The molecule has 1 aromatic rings. The monoisotopic (exact) mass is 259 g/mol. The van der Waals surface area contributed by atoms with Crippen LogP contribution in [0.2, 0.25) is 5.02 Å². The second-order valence-electron chi connectivity index (χ2n) is 4.05. The Balaban J connectivity index is 2.38. The van der Waals surface area contributed by atoms with Crippen LogP contribution in [-0.4, -0.2) is 25.5 Å². The number of benzene rings is 1. The van der Waals surface area contributed by atoms with Crippen LogP contribution in [0.5, 0.6) is 0 Å². The van der Waals surface area contributed by atoms with Crippen molar-refractivity contribution in [2.45, 2.75) is 18.9 Å². The van der Waals surface area contributed by atoms with E-state index in [1.54, 1.807) is 6.07 Å². The lowest BCUT2D eigenvalue weighted by Crippen LogP contribution is -2.29. The van der Waals surface area contributed by atoms with E-state index in [1.807, 2.05) is 18.2 Å². The zero-order valence-electron chi connectivity index (χ0n) is 9.06. The largest absolute Gasteiger partial charge is 0.212 e. The standard InChI is InChI=1S/C11H14ClNO2S/c1-16(14,15)13-8-4-7-11(13)9-5-2-3-6-10(9)12/h2-3,5-6,11H,4,7-8H2,1H3/t11-/m1/s1. The van der Waals surface area contributed by atoms with Crippen LogP contribution < -0.4 is 0 Å². The van der Waals surface area contributed by atoms with Gasteiger partial charge in [-0.1, -0.05) is 29.8 Å². The van der Waals surface area contributed by atoms with Gasteiger partial charge in [0.1, 0.15) is 0 Å². The predicted octanol–water partition coefficient (Wildman–Crippen LogP) is 2.44. The zero-order chi connectivity index (χ0) is 11.8. The molecule has 0 unspecified atom stereocenters. The maximum atomic E-state index is 11.6. The summed E-state index contributed by atoms with van der Waals surface area (Å²) in [6.07, 6.45) is 2.99. The molecule has 3 nitrogen and oxygen atoms in total. The summed E-state index contributed by atoms with van der Waals surface area (Å²) in [5.41, 5.74) is 0.909. The summed E-state index contributed by atoms with van der Waals surface area (Å²) in [7, 11) is -3.14. The van der Waals surface area contributed by atoms with Gasteiger partial charge in [0, 0.05) is 11.6 Å². The molecule has 0 spiro atoms. The first kappa shape index (κ1) is 11.9. The number of hydrogen-bond donors (Lipinski definition) is 0. The molecular formula is C11H14ClNO2S. The van der Waals surface area contributed by atoms with Gasteiger partial charge in [0.15, 0.2) is 0 Å². The van der Waals surface area contributed by atoms with Crippen molar-refractivity contribution in [2.75, 3.05) is 12.8 Å². The highest BCUT2D eigenvalue weighted by molar-refractivity contribution is 7.88. The first-order chi connectivity index (χ1) is 7.50. The smallest absolute Gasteiger partial charge is 0.211 e. The van der Waals surface area contributed by atoms with Crippen molar-refractivity contribution in [1.82, 2.24) is 4.31 Å². The number of nitrogens with zero attached hydrogens (tertiary/aromatic N) is 1. The van der Waals surface area contributed by atoms with Gasteiger partial charge in [0.25, 0.3) is 0 Å². The Bertz CT molecular complexity index is 487. The Morgan fingerprint density at radius 2 is 2.06 bits per heavy atom. The molecule has 1 fully saturated rings. The Hall–Kier alpha value is -0.580. The van der Waals surface area contributed by atoms with E-state index in [2.05, 4.69) is 0 Å². The molecule has 1 saturated heterocycles. The van der Waals surface area contributed by atoms with Gasteiger partial charge < -0.3 is 0 Å². The van der Waals surface area contributed by atoms with Gasteiger partial charge in [-0.2, -0.15) is 4.31 Å². The summed E-state index contributed by atoms with van der Waals surface area (Å²) in [4.78, 5) is 0. The third kappa shape index (κ3) is 2.24. The molecule has 0 aliphatic carbocycles. The zero-order valence-corrected chi connectivity index (χ0v) is 10.6. The molecule has 5 heteroatoms. The van der Waals surface area contributed by atoms with Crippen molar-refractivity contribution in [3.63, 3.8) is 0 Å². The summed E-state index contributed by atoms with van der Waals surface area (Å²) in [5.74, 6) is 0. The van der Waals surface area contributed by atoms with Crippen LogP contribution in [0.4, 0.5) is 0 Å². The van der Waals surface area contributed by atoms with E-state index >= 15 is 0 Å². The Labute approximate surface area is 101 Å². The minimum absolute atomic E-state index is 0.0938. The second-order valence-corrected chi connectivity index (χ2v) is 6.40. The second kappa shape index (κ2) is 4.35. The van der Waals surface area contributed by atoms with Gasteiger partial charge in [-0.25, -0.2) is 8.42 Å². The number of rotatable bonds is 2. The molecule has 0 amide bonds. The first-order valence-electron chi connectivity index (χ1n) is 5.21. The fraction of sp³-hybridized carbons (Fsp3) is 0.455. The molecule has 0 radical (unpaired) electrons. The molecule has 0 N–H and O–H groups in total.